The molecule has 1 N–H and O–H groups in total. The van der Waals surface area contributed by atoms with Crippen LogP contribution in [0.25, 0.3) is 0 Å². The summed E-state index contributed by atoms with van der Waals surface area (Å²) in [5, 5.41) is 11.5. The number of benzene rings is 1. The molecule has 1 heterocycles. The highest BCUT2D eigenvalue weighted by Gasteiger charge is 2.85. The van der Waals surface area contributed by atoms with Gasteiger partial charge in [0.1, 0.15) is 35.9 Å². The fraction of sp³-hybridized carbons (Fsp3) is 0.633. The lowest BCUT2D eigenvalue weighted by atomic mass is 9.47. The summed E-state index contributed by atoms with van der Waals surface area (Å²) in [5.74, 6) is -5.27. The topological polar surface area (TPSA) is 161 Å². The summed E-state index contributed by atoms with van der Waals surface area (Å²) in [4.78, 5) is 63.8. The van der Waals surface area contributed by atoms with Crippen LogP contribution in [0.1, 0.15) is 65.2 Å². The maximum atomic E-state index is 13.7. The number of hydrogen-bond acceptors (Lipinski definition) is 12. The van der Waals surface area contributed by atoms with E-state index in [1.54, 1.807) is 39.0 Å². The van der Waals surface area contributed by atoms with Gasteiger partial charge < -0.3 is 33.5 Å². The van der Waals surface area contributed by atoms with E-state index in [0.717, 1.165) is 13.8 Å². The van der Waals surface area contributed by atoms with Crippen LogP contribution in [-0.4, -0.2) is 83.3 Å². The molecule has 1 aromatic carbocycles. The highest BCUT2D eigenvalue weighted by Crippen LogP contribution is 2.68. The second-order valence-corrected chi connectivity index (χ2v) is 11.9. The molecule has 4 rings (SSSR count). The minimum atomic E-state index is -1.92. The quantitative estimate of drug-likeness (QED) is 0.364. The number of carbonyl (C=O) groups excluding carboxylic acids is 5. The second-order valence-electron chi connectivity index (χ2n) is 11.9. The summed E-state index contributed by atoms with van der Waals surface area (Å²) in [6, 6.07) is 8.04. The zero-order valence-corrected chi connectivity index (χ0v) is 24.8. The first-order valence-electron chi connectivity index (χ1n) is 13.9. The Balaban J connectivity index is 2.09. The molecule has 0 radical (unpaired) electrons. The van der Waals surface area contributed by atoms with Crippen molar-refractivity contribution in [3.63, 3.8) is 0 Å². The lowest BCUT2D eigenvalue weighted by Crippen LogP contribution is -2.81. The molecule has 12 heteroatoms. The normalized spacial score (nSPS) is 36.1. The van der Waals surface area contributed by atoms with Crippen LogP contribution in [0, 0.1) is 17.3 Å². The average molecular weight is 591 g/mol. The number of fused-ring (bicyclic) bond motifs is 1. The maximum absolute atomic E-state index is 13.7. The van der Waals surface area contributed by atoms with Gasteiger partial charge in [-0.2, -0.15) is 0 Å². The molecule has 3 fully saturated rings. The number of aliphatic hydroxyl groups excluding tert-OH is 1. The summed E-state index contributed by atoms with van der Waals surface area (Å²) < 4.78 is 36.2. The third-order valence-electron chi connectivity index (χ3n) is 8.70. The first-order valence-corrected chi connectivity index (χ1v) is 13.9. The van der Waals surface area contributed by atoms with E-state index in [1.165, 1.54) is 26.0 Å². The van der Waals surface area contributed by atoms with Gasteiger partial charge in [-0.05, 0) is 38.3 Å². The number of ether oxygens (including phenoxy) is 6. The molecule has 2 unspecified atom stereocenters. The Morgan fingerprint density at radius 3 is 1.95 bits per heavy atom. The van der Waals surface area contributed by atoms with Crippen molar-refractivity contribution in [2.75, 3.05) is 6.61 Å². The average Bonchev–Trinajstić information content (AvgIpc) is 3.07. The molecule has 1 aliphatic heterocycles. The van der Waals surface area contributed by atoms with Gasteiger partial charge in [0.25, 0.3) is 0 Å². The highest BCUT2D eigenvalue weighted by molar-refractivity contribution is 5.89. The van der Waals surface area contributed by atoms with E-state index in [4.69, 9.17) is 28.4 Å². The Hall–Kier alpha value is -3.51. The van der Waals surface area contributed by atoms with Crippen LogP contribution in [0.4, 0.5) is 0 Å². The van der Waals surface area contributed by atoms with Crippen molar-refractivity contribution in [1.29, 1.82) is 0 Å². The van der Waals surface area contributed by atoms with Crippen LogP contribution >= 0.6 is 0 Å². The monoisotopic (exact) mass is 590 g/mol. The minimum absolute atomic E-state index is 0.0257. The molecule has 1 saturated heterocycles. The van der Waals surface area contributed by atoms with E-state index in [1.807, 2.05) is 0 Å². The Kier molecular flexibility index (Phi) is 8.45. The van der Waals surface area contributed by atoms with Gasteiger partial charge >= 0.3 is 29.8 Å². The number of esters is 5. The van der Waals surface area contributed by atoms with Gasteiger partial charge in [-0.25, -0.2) is 4.79 Å². The first-order chi connectivity index (χ1) is 19.6. The Morgan fingerprint density at radius 1 is 0.833 bits per heavy atom. The number of carbonyl (C=O) groups is 5. The summed E-state index contributed by atoms with van der Waals surface area (Å²) in [6.07, 6.45) is -6.85. The molecule has 0 aromatic heterocycles. The SMILES string of the molecule is CC(=O)OC[C@]12[C@H](OC(=O)c3ccccc3)[C@H](OC(C)=O)C3[C@@H](OC(C)=O)C1(OC3(C)C)[C@H](C)C[C@H](O)[C@@H]2OC(C)=O. The van der Waals surface area contributed by atoms with Crippen molar-refractivity contribution >= 4 is 29.8 Å². The first kappa shape index (κ1) is 31.4. The molecule has 1 spiro atoms. The molecule has 3 aliphatic rings. The van der Waals surface area contributed by atoms with Gasteiger partial charge in [-0.3, -0.25) is 19.2 Å². The van der Waals surface area contributed by atoms with Crippen LogP contribution < -0.4 is 0 Å². The molecule has 9 atom stereocenters. The lowest BCUT2D eigenvalue weighted by molar-refractivity contribution is -0.328. The predicted octanol–water partition coefficient (Wildman–Crippen LogP) is 2.13. The molecule has 42 heavy (non-hydrogen) atoms. The van der Waals surface area contributed by atoms with E-state index in [-0.39, 0.29) is 12.0 Å². The largest absolute Gasteiger partial charge is 0.465 e. The predicted molar refractivity (Wildman–Crippen MR) is 143 cm³/mol. The van der Waals surface area contributed by atoms with Gasteiger partial charge in [0.2, 0.25) is 0 Å². The summed E-state index contributed by atoms with van der Waals surface area (Å²) in [5.41, 5.74) is -4.60. The van der Waals surface area contributed by atoms with Crippen molar-refractivity contribution in [3.05, 3.63) is 35.9 Å². The van der Waals surface area contributed by atoms with Gasteiger partial charge in [-0.1, -0.05) is 25.1 Å². The lowest BCUT2D eigenvalue weighted by Gasteiger charge is -2.64. The number of rotatable bonds is 7. The second kappa shape index (κ2) is 11.3. The van der Waals surface area contributed by atoms with E-state index < -0.39 is 95.4 Å². The zero-order chi connectivity index (χ0) is 31.2. The van der Waals surface area contributed by atoms with Crippen molar-refractivity contribution in [2.45, 2.75) is 96.6 Å². The maximum Gasteiger partial charge on any atom is 0.338 e. The molecule has 0 amide bonds. The number of hydrogen-bond donors (Lipinski definition) is 1. The number of aliphatic hydroxyl groups is 1. The molecular formula is C30H38O12. The van der Waals surface area contributed by atoms with Crippen LogP contribution in [0.15, 0.2) is 30.3 Å². The van der Waals surface area contributed by atoms with Crippen LogP contribution in [0.2, 0.25) is 0 Å². The van der Waals surface area contributed by atoms with Gasteiger partial charge in [-0.15, -0.1) is 0 Å². The van der Waals surface area contributed by atoms with Crippen LogP contribution in [0.5, 0.6) is 0 Å². The molecule has 2 bridgehead atoms. The minimum Gasteiger partial charge on any atom is -0.465 e. The van der Waals surface area contributed by atoms with Gasteiger partial charge in [0.15, 0.2) is 6.10 Å². The van der Waals surface area contributed by atoms with Crippen molar-refractivity contribution in [2.24, 2.45) is 17.3 Å². The fourth-order valence-corrected chi connectivity index (χ4v) is 7.51. The van der Waals surface area contributed by atoms with Gasteiger partial charge in [0.05, 0.1) is 23.2 Å². The van der Waals surface area contributed by atoms with Crippen molar-refractivity contribution in [1.82, 2.24) is 0 Å². The Morgan fingerprint density at radius 2 is 1.40 bits per heavy atom. The summed E-state index contributed by atoms with van der Waals surface area (Å²) in [6.45, 7) is 9.27. The standard InChI is InChI=1S/C30H38O12/c1-15-13-21(35)24(39-18(4)33)29(14-37-16(2)31)26(41-27(36)20-11-9-8-10-12-20)23(38-17(3)32)22-25(40-19(5)34)30(15,29)42-28(22,6)7/h8-12,15,21-26,35H,13-14H2,1-7H3/t15-,21+,22?,23-,24+,25-,26-,29+,30?/m1/s1. The smallest absolute Gasteiger partial charge is 0.338 e. The fourth-order valence-electron chi connectivity index (χ4n) is 7.51. The van der Waals surface area contributed by atoms with Crippen molar-refractivity contribution in [3.8, 4) is 0 Å². The summed E-state index contributed by atoms with van der Waals surface area (Å²) in [7, 11) is 0. The van der Waals surface area contributed by atoms with Crippen molar-refractivity contribution < 1.29 is 57.5 Å². The molecule has 230 valence electrons. The van der Waals surface area contributed by atoms with E-state index in [0.29, 0.717) is 0 Å². The third kappa shape index (κ3) is 5.04. The molecule has 2 aliphatic carbocycles. The third-order valence-corrected chi connectivity index (χ3v) is 8.70. The van der Waals surface area contributed by atoms with E-state index >= 15 is 0 Å². The Labute approximate surface area is 243 Å². The van der Waals surface area contributed by atoms with E-state index in [2.05, 4.69) is 0 Å². The zero-order valence-electron chi connectivity index (χ0n) is 24.8. The Bertz CT molecular complexity index is 1240. The molecule has 12 nitrogen and oxygen atoms in total. The molecule has 2 saturated carbocycles. The highest BCUT2D eigenvalue weighted by atomic mass is 16.6. The summed E-state index contributed by atoms with van der Waals surface area (Å²) >= 11 is 0. The van der Waals surface area contributed by atoms with Crippen LogP contribution in [-0.2, 0) is 47.6 Å². The molecular weight excluding hydrogens is 552 g/mol. The van der Waals surface area contributed by atoms with Crippen LogP contribution in [0.3, 0.4) is 0 Å². The van der Waals surface area contributed by atoms with Gasteiger partial charge in [0, 0.05) is 27.7 Å². The molecule has 1 aromatic rings. The van der Waals surface area contributed by atoms with E-state index in [9.17, 15) is 29.1 Å².